The molecule has 1 amide bonds. The number of aromatic amines is 1. The molecule has 3 heterocycles. The summed E-state index contributed by atoms with van der Waals surface area (Å²) in [5, 5.41) is 11.4. The normalized spacial score (nSPS) is 17.6. The second-order valence-electron chi connectivity index (χ2n) is 6.81. The van der Waals surface area contributed by atoms with Crippen LogP contribution in [0.5, 0.6) is 0 Å². The average Bonchev–Trinajstić information content (AvgIpc) is 3.00. The van der Waals surface area contributed by atoms with E-state index in [9.17, 15) is 4.79 Å². The molecule has 4 N–H and O–H groups in total. The minimum atomic E-state index is -0.0391. The van der Waals surface area contributed by atoms with Crippen molar-refractivity contribution in [2.45, 2.75) is 31.8 Å². The maximum atomic E-state index is 13.5. The number of para-hydroxylation sites is 1. The van der Waals surface area contributed by atoms with Crippen LogP contribution in [0.25, 0.3) is 10.9 Å². The Bertz CT molecular complexity index is 930. The smallest absolute Gasteiger partial charge is 0.256 e. The molecule has 8 nitrogen and oxygen atoms in total. The van der Waals surface area contributed by atoms with Crippen LogP contribution in [0, 0.1) is 0 Å². The summed E-state index contributed by atoms with van der Waals surface area (Å²) in [4.78, 5) is 24.0. The van der Waals surface area contributed by atoms with Crippen molar-refractivity contribution in [3.05, 3.63) is 48.0 Å². The summed E-state index contributed by atoms with van der Waals surface area (Å²) < 4.78 is 0. The van der Waals surface area contributed by atoms with Gasteiger partial charge >= 0.3 is 0 Å². The van der Waals surface area contributed by atoms with Gasteiger partial charge in [-0.2, -0.15) is 5.10 Å². The van der Waals surface area contributed by atoms with Crippen molar-refractivity contribution in [2.75, 3.05) is 18.8 Å². The molecule has 0 aliphatic carbocycles. The molecule has 27 heavy (non-hydrogen) atoms. The van der Waals surface area contributed by atoms with Crippen molar-refractivity contribution in [1.29, 1.82) is 0 Å². The Morgan fingerprint density at radius 1 is 1.26 bits per heavy atom. The van der Waals surface area contributed by atoms with Crippen LogP contribution in [0.3, 0.4) is 0 Å². The number of rotatable bonds is 4. The number of amides is 1. The number of hydrogen-bond acceptors (Lipinski definition) is 6. The predicted molar refractivity (Wildman–Crippen MR) is 103 cm³/mol. The van der Waals surface area contributed by atoms with E-state index in [1.165, 1.54) is 0 Å². The third-order valence-electron chi connectivity index (χ3n) is 4.99. The van der Waals surface area contributed by atoms with Crippen molar-refractivity contribution in [2.24, 2.45) is 0 Å². The highest BCUT2D eigenvalue weighted by molar-refractivity contribution is 6.05. The van der Waals surface area contributed by atoms with E-state index in [1.807, 2.05) is 23.1 Å². The topological polar surface area (TPSA) is 113 Å². The quantitative estimate of drug-likeness (QED) is 0.649. The monoisotopic (exact) mass is 365 g/mol. The Kier molecular flexibility index (Phi) is 4.97. The number of nitrogens with zero attached hydrogens (tertiary/aromatic N) is 4. The number of carbonyl (C=O) groups excluding carboxylic acids is 1. The fourth-order valence-electron chi connectivity index (χ4n) is 3.62. The number of aromatic nitrogens is 4. The summed E-state index contributed by atoms with van der Waals surface area (Å²) in [7, 11) is 0. The maximum Gasteiger partial charge on any atom is 0.256 e. The second-order valence-corrected chi connectivity index (χ2v) is 6.81. The summed E-state index contributed by atoms with van der Waals surface area (Å²) >= 11 is 0. The van der Waals surface area contributed by atoms with E-state index in [4.69, 9.17) is 5.73 Å². The Hall–Kier alpha value is -3.00. The van der Waals surface area contributed by atoms with Gasteiger partial charge in [-0.1, -0.05) is 12.1 Å². The number of hydrogen-bond donors (Lipinski definition) is 3. The van der Waals surface area contributed by atoms with E-state index < -0.39 is 0 Å². The van der Waals surface area contributed by atoms with Gasteiger partial charge < -0.3 is 16.0 Å². The standard InChI is InChI=1S/C19H23N7O/c20-16-7-10-22-17(24-16)12-26(14-4-2-8-21-9-6-14)19(27)15-5-1-3-13-11-23-25-18(13)15/h1,3,5,7,10-11,14,21H,2,4,6,8-9,12H2,(H,23,25)(H2,20,22,24)/t14-/m1/s1. The van der Waals surface area contributed by atoms with E-state index in [-0.39, 0.29) is 11.9 Å². The van der Waals surface area contributed by atoms with Gasteiger partial charge in [-0.15, -0.1) is 0 Å². The molecule has 1 atom stereocenters. The zero-order valence-corrected chi connectivity index (χ0v) is 15.1. The lowest BCUT2D eigenvalue weighted by Gasteiger charge is -2.31. The number of nitrogens with two attached hydrogens (primary N) is 1. The van der Waals surface area contributed by atoms with Gasteiger partial charge in [0.15, 0.2) is 0 Å². The first kappa shape index (κ1) is 17.4. The highest BCUT2D eigenvalue weighted by atomic mass is 16.2. The lowest BCUT2D eigenvalue weighted by molar-refractivity contribution is 0.0641. The number of H-pyrrole nitrogens is 1. The molecule has 0 unspecified atom stereocenters. The minimum absolute atomic E-state index is 0.0391. The number of nitrogen functional groups attached to an aromatic ring is 1. The maximum absolute atomic E-state index is 13.5. The van der Waals surface area contributed by atoms with Crippen LogP contribution >= 0.6 is 0 Å². The minimum Gasteiger partial charge on any atom is -0.384 e. The van der Waals surface area contributed by atoms with Crippen LogP contribution in [-0.2, 0) is 6.54 Å². The van der Waals surface area contributed by atoms with E-state index >= 15 is 0 Å². The van der Waals surface area contributed by atoms with Gasteiger partial charge in [0, 0.05) is 17.6 Å². The molecule has 0 spiro atoms. The van der Waals surface area contributed by atoms with Crippen LogP contribution in [-0.4, -0.2) is 50.1 Å². The molecule has 1 fully saturated rings. The molecule has 4 rings (SSSR count). The molecule has 2 aromatic heterocycles. The highest BCUT2D eigenvalue weighted by Gasteiger charge is 2.28. The van der Waals surface area contributed by atoms with Crippen molar-refractivity contribution in [1.82, 2.24) is 30.4 Å². The van der Waals surface area contributed by atoms with E-state index in [0.29, 0.717) is 23.8 Å². The largest absolute Gasteiger partial charge is 0.384 e. The molecule has 1 aliphatic rings. The van der Waals surface area contributed by atoms with Gasteiger partial charge in [0.1, 0.15) is 11.6 Å². The molecule has 140 valence electrons. The first-order chi connectivity index (χ1) is 13.2. The molecular formula is C19H23N7O. The fraction of sp³-hybridized carbons (Fsp3) is 0.368. The first-order valence-electron chi connectivity index (χ1n) is 9.23. The summed E-state index contributed by atoms with van der Waals surface area (Å²) in [6, 6.07) is 7.43. The third-order valence-corrected chi connectivity index (χ3v) is 4.99. The number of nitrogens with one attached hydrogen (secondary N) is 2. The fourth-order valence-corrected chi connectivity index (χ4v) is 3.62. The molecule has 0 bridgehead atoms. The van der Waals surface area contributed by atoms with Crippen LogP contribution in [0.1, 0.15) is 35.4 Å². The van der Waals surface area contributed by atoms with Crippen molar-refractivity contribution >= 4 is 22.6 Å². The first-order valence-corrected chi connectivity index (χ1v) is 9.23. The third kappa shape index (κ3) is 3.75. The van der Waals surface area contributed by atoms with Gasteiger partial charge in [0.2, 0.25) is 0 Å². The number of carbonyl (C=O) groups is 1. The average molecular weight is 365 g/mol. The van der Waals surface area contributed by atoms with E-state index in [2.05, 4.69) is 25.5 Å². The van der Waals surface area contributed by atoms with Gasteiger partial charge in [-0.25, -0.2) is 9.97 Å². The Morgan fingerprint density at radius 3 is 3.07 bits per heavy atom. The summed E-state index contributed by atoms with van der Waals surface area (Å²) in [6.45, 7) is 2.20. The lowest BCUT2D eigenvalue weighted by atomic mass is 10.0. The molecule has 8 heteroatoms. The zero-order chi connectivity index (χ0) is 18.6. The van der Waals surface area contributed by atoms with Crippen LogP contribution in [0.15, 0.2) is 36.7 Å². The molecule has 3 aromatic rings. The number of benzene rings is 1. The summed E-state index contributed by atoms with van der Waals surface area (Å²) in [5.41, 5.74) is 7.18. The van der Waals surface area contributed by atoms with Gasteiger partial charge in [-0.05, 0) is 44.5 Å². The van der Waals surface area contributed by atoms with Crippen LogP contribution in [0.2, 0.25) is 0 Å². The van der Waals surface area contributed by atoms with Gasteiger partial charge in [-0.3, -0.25) is 9.89 Å². The Labute approximate surface area is 157 Å². The molecule has 1 saturated heterocycles. The molecule has 1 aliphatic heterocycles. The highest BCUT2D eigenvalue weighted by Crippen LogP contribution is 2.23. The second kappa shape index (κ2) is 7.71. The summed E-state index contributed by atoms with van der Waals surface area (Å²) in [5.74, 6) is 0.922. The zero-order valence-electron chi connectivity index (χ0n) is 15.1. The number of anilines is 1. The van der Waals surface area contributed by atoms with E-state index in [0.717, 1.165) is 43.3 Å². The Morgan fingerprint density at radius 2 is 2.19 bits per heavy atom. The van der Waals surface area contributed by atoms with Gasteiger partial charge in [0.25, 0.3) is 5.91 Å². The molecular weight excluding hydrogens is 342 g/mol. The molecule has 0 radical (unpaired) electrons. The van der Waals surface area contributed by atoms with Crippen molar-refractivity contribution in [3.63, 3.8) is 0 Å². The van der Waals surface area contributed by atoms with E-state index in [1.54, 1.807) is 18.5 Å². The van der Waals surface area contributed by atoms with Crippen molar-refractivity contribution in [3.8, 4) is 0 Å². The van der Waals surface area contributed by atoms with Crippen molar-refractivity contribution < 1.29 is 4.79 Å². The Balaban J connectivity index is 1.69. The summed E-state index contributed by atoms with van der Waals surface area (Å²) in [6.07, 6.45) is 6.23. The van der Waals surface area contributed by atoms with Gasteiger partial charge in [0.05, 0.1) is 23.8 Å². The molecule has 0 saturated carbocycles. The number of fused-ring (bicyclic) bond motifs is 1. The lowest BCUT2D eigenvalue weighted by Crippen LogP contribution is -2.41. The van der Waals surface area contributed by atoms with Crippen LogP contribution in [0.4, 0.5) is 5.82 Å². The SMILES string of the molecule is Nc1ccnc(CN(C(=O)c2cccc3cn[nH]c23)[C@@H]2CCCNCC2)n1. The van der Waals surface area contributed by atoms with Crippen LogP contribution < -0.4 is 11.1 Å². The molecule has 1 aromatic carbocycles. The predicted octanol–water partition coefficient (Wildman–Crippen LogP) is 1.72.